The molecular formula is C12H18N4O3. The standard InChI is InChI=1S/C12H18N4O3/c17-10(7-18-9-3-5-13-6-4-9)14-12-16-15-11(19-12)8-1-2-8/h8-9,13H,1-7H2,(H,14,16,17). The molecule has 1 aromatic heterocycles. The van der Waals surface area contributed by atoms with Crippen molar-refractivity contribution in [3.05, 3.63) is 5.89 Å². The number of amides is 1. The Bertz CT molecular complexity index is 438. The largest absolute Gasteiger partial charge is 0.408 e. The topological polar surface area (TPSA) is 89.3 Å². The summed E-state index contributed by atoms with van der Waals surface area (Å²) in [5.74, 6) is 0.767. The highest BCUT2D eigenvalue weighted by Crippen LogP contribution is 2.39. The lowest BCUT2D eigenvalue weighted by Crippen LogP contribution is -2.34. The molecule has 3 rings (SSSR count). The molecule has 1 aliphatic carbocycles. The van der Waals surface area contributed by atoms with Gasteiger partial charge >= 0.3 is 6.01 Å². The molecule has 2 fully saturated rings. The fourth-order valence-electron chi connectivity index (χ4n) is 2.09. The van der Waals surface area contributed by atoms with Gasteiger partial charge in [0.05, 0.1) is 6.10 Å². The molecule has 1 saturated carbocycles. The second-order valence-corrected chi connectivity index (χ2v) is 5.03. The smallest absolute Gasteiger partial charge is 0.322 e. The van der Waals surface area contributed by atoms with Gasteiger partial charge in [-0.2, -0.15) is 0 Å². The Kier molecular flexibility index (Phi) is 3.74. The van der Waals surface area contributed by atoms with E-state index >= 15 is 0 Å². The van der Waals surface area contributed by atoms with Gasteiger partial charge in [-0.25, -0.2) is 0 Å². The van der Waals surface area contributed by atoms with Crippen molar-refractivity contribution in [2.75, 3.05) is 25.0 Å². The van der Waals surface area contributed by atoms with Gasteiger partial charge in [-0.15, -0.1) is 5.10 Å². The number of hydrogen-bond acceptors (Lipinski definition) is 6. The maximum atomic E-state index is 11.7. The predicted molar refractivity (Wildman–Crippen MR) is 66.7 cm³/mol. The first kappa shape index (κ1) is 12.6. The van der Waals surface area contributed by atoms with Crippen molar-refractivity contribution < 1.29 is 13.9 Å². The van der Waals surface area contributed by atoms with Crippen molar-refractivity contribution in [2.45, 2.75) is 37.7 Å². The maximum absolute atomic E-state index is 11.7. The molecular weight excluding hydrogens is 248 g/mol. The quantitative estimate of drug-likeness (QED) is 0.813. The monoisotopic (exact) mass is 266 g/mol. The highest BCUT2D eigenvalue weighted by atomic mass is 16.5. The minimum atomic E-state index is -0.246. The number of aromatic nitrogens is 2. The average molecular weight is 266 g/mol. The molecule has 2 N–H and O–H groups in total. The minimum Gasteiger partial charge on any atom is -0.408 e. The number of carbonyl (C=O) groups is 1. The normalized spacial score (nSPS) is 20.4. The van der Waals surface area contributed by atoms with E-state index < -0.39 is 0 Å². The van der Waals surface area contributed by atoms with Crippen LogP contribution in [0.3, 0.4) is 0 Å². The first-order valence-corrected chi connectivity index (χ1v) is 6.77. The van der Waals surface area contributed by atoms with E-state index in [-0.39, 0.29) is 24.6 Å². The van der Waals surface area contributed by atoms with Crippen LogP contribution in [0, 0.1) is 0 Å². The van der Waals surface area contributed by atoms with E-state index in [9.17, 15) is 4.79 Å². The molecule has 0 unspecified atom stereocenters. The summed E-state index contributed by atoms with van der Waals surface area (Å²) in [5.41, 5.74) is 0. The van der Waals surface area contributed by atoms with Gasteiger partial charge in [0.15, 0.2) is 0 Å². The number of nitrogens with one attached hydrogen (secondary N) is 2. The van der Waals surface area contributed by atoms with E-state index in [1.807, 2.05) is 0 Å². The Morgan fingerprint density at radius 2 is 2.11 bits per heavy atom. The first-order chi connectivity index (χ1) is 9.31. The molecule has 1 amide bonds. The van der Waals surface area contributed by atoms with Crippen molar-refractivity contribution >= 4 is 11.9 Å². The zero-order chi connectivity index (χ0) is 13.1. The summed E-state index contributed by atoms with van der Waals surface area (Å²) in [7, 11) is 0. The molecule has 7 heteroatoms. The van der Waals surface area contributed by atoms with Crippen LogP contribution in [-0.4, -0.2) is 41.9 Å². The molecule has 1 saturated heterocycles. The van der Waals surface area contributed by atoms with E-state index in [2.05, 4.69) is 20.8 Å². The fraction of sp³-hybridized carbons (Fsp3) is 0.750. The van der Waals surface area contributed by atoms with Gasteiger partial charge < -0.3 is 14.5 Å². The lowest BCUT2D eigenvalue weighted by atomic mass is 10.1. The third-order valence-corrected chi connectivity index (χ3v) is 3.35. The van der Waals surface area contributed by atoms with E-state index in [0.717, 1.165) is 38.8 Å². The van der Waals surface area contributed by atoms with Crippen LogP contribution in [0.15, 0.2) is 4.42 Å². The predicted octanol–water partition coefficient (Wildman–Crippen LogP) is 0.654. The molecule has 2 heterocycles. The summed E-state index contributed by atoms with van der Waals surface area (Å²) < 4.78 is 10.9. The molecule has 0 spiro atoms. The molecule has 1 aliphatic heterocycles. The first-order valence-electron chi connectivity index (χ1n) is 6.77. The Hall–Kier alpha value is -1.47. The van der Waals surface area contributed by atoms with E-state index in [1.54, 1.807) is 0 Å². The van der Waals surface area contributed by atoms with Gasteiger partial charge in [0.25, 0.3) is 5.91 Å². The Morgan fingerprint density at radius 1 is 1.32 bits per heavy atom. The van der Waals surface area contributed by atoms with Crippen LogP contribution in [0.2, 0.25) is 0 Å². The van der Waals surface area contributed by atoms with Gasteiger partial charge in [-0.05, 0) is 38.8 Å². The Balaban J connectivity index is 1.42. The Labute approximate surface area is 111 Å². The summed E-state index contributed by atoms with van der Waals surface area (Å²) in [6.07, 6.45) is 4.24. The van der Waals surface area contributed by atoms with Crippen LogP contribution < -0.4 is 10.6 Å². The Morgan fingerprint density at radius 3 is 2.84 bits per heavy atom. The van der Waals surface area contributed by atoms with Crippen LogP contribution in [0.1, 0.15) is 37.5 Å². The van der Waals surface area contributed by atoms with Crippen molar-refractivity contribution in [2.24, 2.45) is 0 Å². The second kappa shape index (κ2) is 5.66. The number of piperidine rings is 1. The highest BCUT2D eigenvalue weighted by Gasteiger charge is 2.29. The van der Waals surface area contributed by atoms with Crippen LogP contribution in [0.25, 0.3) is 0 Å². The lowest BCUT2D eigenvalue weighted by Gasteiger charge is -2.22. The molecule has 0 aromatic carbocycles. The molecule has 19 heavy (non-hydrogen) atoms. The zero-order valence-corrected chi connectivity index (χ0v) is 10.7. The molecule has 104 valence electrons. The highest BCUT2D eigenvalue weighted by molar-refractivity contribution is 5.89. The summed E-state index contributed by atoms with van der Waals surface area (Å²) in [5, 5.41) is 13.5. The van der Waals surface area contributed by atoms with Crippen molar-refractivity contribution in [3.63, 3.8) is 0 Å². The van der Waals surface area contributed by atoms with E-state index in [1.165, 1.54) is 0 Å². The van der Waals surface area contributed by atoms with Gasteiger partial charge in [0.2, 0.25) is 5.89 Å². The maximum Gasteiger partial charge on any atom is 0.322 e. The van der Waals surface area contributed by atoms with Gasteiger partial charge in [0, 0.05) is 5.92 Å². The molecule has 0 bridgehead atoms. The number of ether oxygens (including phenoxy) is 1. The van der Waals surface area contributed by atoms with Gasteiger partial charge in [-0.3, -0.25) is 10.1 Å². The summed E-state index contributed by atoms with van der Waals surface area (Å²) in [6.45, 7) is 1.92. The van der Waals surface area contributed by atoms with E-state index in [0.29, 0.717) is 11.8 Å². The number of rotatable bonds is 5. The third-order valence-electron chi connectivity index (χ3n) is 3.35. The summed E-state index contributed by atoms with van der Waals surface area (Å²) >= 11 is 0. The second-order valence-electron chi connectivity index (χ2n) is 5.03. The molecule has 1 aromatic rings. The van der Waals surface area contributed by atoms with Crippen LogP contribution in [-0.2, 0) is 9.53 Å². The zero-order valence-electron chi connectivity index (χ0n) is 10.7. The van der Waals surface area contributed by atoms with Gasteiger partial charge in [-0.1, -0.05) is 5.10 Å². The van der Waals surface area contributed by atoms with Crippen molar-refractivity contribution in [3.8, 4) is 0 Å². The van der Waals surface area contributed by atoms with Crippen LogP contribution in [0.4, 0.5) is 6.01 Å². The van der Waals surface area contributed by atoms with Crippen LogP contribution >= 0.6 is 0 Å². The van der Waals surface area contributed by atoms with Crippen molar-refractivity contribution in [1.82, 2.24) is 15.5 Å². The number of hydrogen-bond donors (Lipinski definition) is 2. The van der Waals surface area contributed by atoms with Crippen molar-refractivity contribution in [1.29, 1.82) is 0 Å². The SMILES string of the molecule is O=C(COC1CCNCC1)Nc1nnc(C2CC2)o1. The molecule has 0 radical (unpaired) electrons. The number of anilines is 1. The van der Waals surface area contributed by atoms with E-state index in [4.69, 9.17) is 9.15 Å². The lowest BCUT2D eigenvalue weighted by molar-refractivity contribution is -0.123. The summed E-state index contributed by atoms with van der Waals surface area (Å²) in [6, 6.07) is 0.167. The van der Waals surface area contributed by atoms with Gasteiger partial charge in [0.1, 0.15) is 6.61 Å². The fourth-order valence-corrected chi connectivity index (χ4v) is 2.09. The number of nitrogens with zero attached hydrogens (tertiary/aromatic N) is 2. The minimum absolute atomic E-state index is 0.0335. The molecule has 2 aliphatic rings. The number of carbonyl (C=O) groups excluding carboxylic acids is 1. The average Bonchev–Trinajstić information content (AvgIpc) is 3.19. The molecule has 0 atom stereocenters. The third kappa shape index (κ3) is 3.51. The van der Waals surface area contributed by atoms with Crippen LogP contribution in [0.5, 0.6) is 0 Å². The molecule has 7 nitrogen and oxygen atoms in total. The summed E-state index contributed by atoms with van der Waals surface area (Å²) in [4.78, 5) is 11.7.